The number of fused-ring (bicyclic) bond motifs is 1. The Balaban J connectivity index is 2.38. The summed E-state index contributed by atoms with van der Waals surface area (Å²) in [6.45, 7) is 8.41. The van der Waals surface area contributed by atoms with Gasteiger partial charge in [-0.25, -0.2) is 0 Å². The van der Waals surface area contributed by atoms with Crippen molar-refractivity contribution in [3.63, 3.8) is 0 Å². The molecule has 0 aromatic rings. The Hall–Kier alpha value is -0.590. The van der Waals surface area contributed by atoms with Crippen LogP contribution in [0.25, 0.3) is 0 Å². The third kappa shape index (κ3) is 0.853. The number of hydrogen-bond acceptors (Lipinski definition) is 1. The van der Waals surface area contributed by atoms with Gasteiger partial charge in [0.2, 0.25) is 0 Å². The van der Waals surface area contributed by atoms with Crippen molar-refractivity contribution in [1.29, 1.82) is 0 Å². The van der Waals surface area contributed by atoms with Crippen molar-refractivity contribution < 1.29 is 4.79 Å². The van der Waals surface area contributed by atoms with Crippen LogP contribution >= 0.6 is 0 Å². The average Bonchev–Trinajstić information content (AvgIpc) is 2.50. The van der Waals surface area contributed by atoms with Gasteiger partial charge in [-0.2, -0.15) is 0 Å². The first-order chi connectivity index (χ1) is 5.93. The second kappa shape index (κ2) is 2.26. The van der Waals surface area contributed by atoms with E-state index in [9.17, 15) is 4.79 Å². The molecule has 0 bridgehead atoms. The molecule has 0 radical (unpaired) electrons. The van der Waals surface area contributed by atoms with Gasteiger partial charge in [0.25, 0.3) is 0 Å². The Kier molecular flexibility index (Phi) is 1.56. The Bertz CT molecular complexity index is 287. The maximum atomic E-state index is 11.7. The summed E-state index contributed by atoms with van der Waals surface area (Å²) in [7, 11) is 0. The van der Waals surface area contributed by atoms with E-state index in [4.69, 9.17) is 0 Å². The van der Waals surface area contributed by atoms with Crippen molar-refractivity contribution in [3.05, 3.63) is 12.2 Å². The zero-order chi connectivity index (χ0) is 9.85. The molecule has 0 N–H and O–H groups in total. The third-order valence-electron chi connectivity index (χ3n) is 4.28. The zero-order valence-electron chi connectivity index (χ0n) is 8.92. The maximum absolute atomic E-state index is 11.7. The van der Waals surface area contributed by atoms with Crippen molar-refractivity contribution in [3.8, 4) is 0 Å². The number of carbonyl (C=O) groups excluding carboxylic acids is 1. The van der Waals surface area contributed by atoms with Crippen molar-refractivity contribution >= 4 is 5.78 Å². The van der Waals surface area contributed by atoms with E-state index in [1.165, 1.54) is 0 Å². The molecule has 2 aliphatic rings. The van der Waals surface area contributed by atoms with Gasteiger partial charge in [0.15, 0.2) is 0 Å². The van der Waals surface area contributed by atoms with Crippen molar-refractivity contribution in [2.24, 2.45) is 22.7 Å². The van der Waals surface area contributed by atoms with Gasteiger partial charge in [-0.15, -0.1) is 0 Å². The van der Waals surface area contributed by atoms with E-state index < -0.39 is 0 Å². The normalized spacial score (nSPS) is 45.5. The van der Waals surface area contributed by atoms with Gasteiger partial charge in [-0.1, -0.05) is 32.9 Å². The van der Waals surface area contributed by atoms with Gasteiger partial charge < -0.3 is 0 Å². The minimum atomic E-state index is -0.0127. The minimum Gasteiger partial charge on any atom is -0.299 e. The SMILES string of the molecule is CC(=O)C12CC(C)C=CC1C2(C)C. The Labute approximate surface area is 80.2 Å². The molecule has 0 aromatic carbocycles. The van der Waals surface area contributed by atoms with Gasteiger partial charge >= 0.3 is 0 Å². The summed E-state index contributed by atoms with van der Waals surface area (Å²) in [6, 6.07) is 0. The second-order valence-electron chi connectivity index (χ2n) is 5.29. The molecule has 0 aliphatic heterocycles. The molecule has 13 heavy (non-hydrogen) atoms. The largest absolute Gasteiger partial charge is 0.299 e. The first-order valence-corrected chi connectivity index (χ1v) is 5.12. The van der Waals surface area contributed by atoms with Crippen LogP contribution in [0.1, 0.15) is 34.1 Å². The minimum absolute atomic E-state index is 0.0127. The zero-order valence-corrected chi connectivity index (χ0v) is 8.92. The Morgan fingerprint density at radius 3 is 2.46 bits per heavy atom. The van der Waals surface area contributed by atoms with Crippen LogP contribution in [-0.2, 0) is 4.79 Å². The highest BCUT2D eigenvalue weighted by atomic mass is 16.1. The van der Waals surface area contributed by atoms with Gasteiger partial charge in [0.1, 0.15) is 5.78 Å². The smallest absolute Gasteiger partial charge is 0.137 e. The quantitative estimate of drug-likeness (QED) is 0.564. The molecule has 0 heterocycles. The van der Waals surface area contributed by atoms with Crippen LogP contribution < -0.4 is 0 Å². The van der Waals surface area contributed by atoms with Crippen molar-refractivity contribution in [1.82, 2.24) is 0 Å². The Morgan fingerprint density at radius 2 is 2.00 bits per heavy atom. The lowest BCUT2D eigenvalue weighted by Gasteiger charge is -2.21. The van der Waals surface area contributed by atoms with Gasteiger partial charge in [-0.3, -0.25) is 4.79 Å². The number of rotatable bonds is 1. The molecule has 1 heteroatoms. The molecule has 0 aromatic heterocycles. The predicted octanol–water partition coefficient (Wildman–Crippen LogP) is 2.81. The topological polar surface area (TPSA) is 17.1 Å². The summed E-state index contributed by atoms with van der Waals surface area (Å²) < 4.78 is 0. The standard InChI is InChI=1S/C12H18O/c1-8-5-6-10-11(3,4)12(10,7-8)9(2)13/h5-6,8,10H,7H2,1-4H3. The summed E-state index contributed by atoms with van der Waals surface area (Å²) in [5, 5.41) is 0. The number of carbonyl (C=O) groups is 1. The molecule has 3 atom stereocenters. The van der Waals surface area contributed by atoms with E-state index >= 15 is 0 Å². The van der Waals surface area contributed by atoms with E-state index in [2.05, 4.69) is 32.9 Å². The molecule has 1 nitrogen and oxygen atoms in total. The fourth-order valence-electron chi connectivity index (χ4n) is 3.38. The highest BCUT2D eigenvalue weighted by molar-refractivity contribution is 5.88. The molecule has 3 unspecified atom stereocenters. The lowest BCUT2D eigenvalue weighted by molar-refractivity contribution is -0.124. The molecule has 0 spiro atoms. The molecular formula is C12H18O. The molecule has 1 fully saturated rings. The van der Waals surface area contributed by atoms with Crippen LogP contribution in [-0.4, -0.2) is 5.78 Å². The van der Waals surface area contributed by atoms with Crippen LogP contribution in [0.3, 0.4) is 0 Å². The number of ketones is 1. The summed E-state index contributed by atoms with van der Waals surface area (Å²) in [4.78, 5) is 11.7. The fourth-order valence-corrected chi connectivity index (χ4v) is 3.38. The van der Waals surface area contributed by atoms with Crippen LogP contribution in [0.2, 0.25) is 0 Å². The second-order valence-corrected chi connectivity index (χ2v) is 5.29. The highest BCUT2D eigenvalue weighted by Crippen LogP contribution is 2.73. The molecule has 2 aliphatic carbocycles. The van der Waals surface area contributed by atoms with Gasteiger partial charge in [-0.05, 0) is 30.6 Å². The summed E-state index contributed by atoms with van der Waals surface area (Å²) >= 11 is 0. The first-order valence-electron chi connectivity index (χ1n) is 5.12. The van der Waals surface area contributed by atoms with Crippen LogP contribution in [0, 0.1) is 22.7 Å². The Morgan fingerprint density at radius 1 is 1.38 bits per heavy atom. The average molecular weight is 178 g/mol. The van der Waals surface area contributed by atoms with Crippen LogP contribution in [0.4, 0.5) is 0 Å². The monoisotopic (exact) mass is 178 g/mol. The predicted molar refractivity (Wildman–Crippen MR) is 53.3 cm³/mol. The van der Waals surface area contributed by atoms with Crippen molar-refractivity contribution in [2.75, 3.05) is 0 Å². The fraction of sp³-hybridized carbons (Fsp3) is 0.750. The number of allylic oxidation sites excluding steroid dienone is 2. The molecule has 2 rings (SSSR count). The number of Topliss-reactive ketones (excluding diaryl/α,β-unsaturated/α-hetero) is 1. The van der Waals surface area contributed by atoms with E-state index in [0.717, 1.165) is 6.42 Å². The maximum Gasteiger partial charge on any atom is 0.137 e. The van der Waals surface area contributed by atoms with E-state index in [-0.39, 0.29) is 10.8 Å². The highest BCUT2D eigenvalue weighted by Gasteiger charge is 2.73. The van der Waals surface area contributed by atoms with Crippen LogP contribution in [0.5, 0.6) is 0 Å². The van der Waals surface area contributed by atoms with Crippen molar-refractivity contribution in [2.45, 2.75) is 34.1 Å². The van der Waals surface area contributed by atoms with Gasteiger partial charge in [0, 0.05) is 5.41 Å². The summed E-state index contributed by atoms with van der Waals surface area (Å²) in [6.07, 6.45) is 5.58. The van der Waals surface area contributed by atoms with Crippen LogP contribution in [0.15, 0.2) is 12.2 Å². The summed E-state index contributed by atoms with van der Waals surface area (Å²) in [5.41, 5.74) is 0.196. The van der Waals surface area contributed by atoms with E-state index in [1.807, 2.05) is 0 Å². The lowest BCUT2D eigenvalue weighted by Crippen LogP contribution is -2.23. The summed E-state index contributed by atoms with van der Waals surface area (Å²) in [5.74, 6) is 1.47. The molecule has 0 saturated heterocycles. The third-order valence-corrected chi connectivity index (χ3v) is 4.28. The molecule has 1 saturated carbocycles. The number of hydrogen-bond donors (Lipinski definition) is 0. The van der Waals surface area contributed by atoms with E-state index in [1.54, 1.807) is 6.92 Å². The lowest BCUT2D eigenvalue weighted by atomic mass is 9.81. The van der Waals surface area contributed by atoms with E-state index in [0.29, 0.717) is 17.6 Å². The molecule has 72 valence electrons. The van der Waals surface area contributed by atoms with Gasteiger partial charge in [0.05, 0.1) is 0 Å². The molecule has 0 amide bonds. The first kappa shape index (κ1) is 8.98. The molecular weight excluding hydrogens is 160 g/mol.